The number of esters is 1. The zero-order chi connectivity index (χ0) is 10.9. The number of rotatable bonds is 3. The Balaban J connectivity index is 2.39. The summed E-state index contributed by atoms with van der Waals surface area (Å²) in [6, 6.07) is 8.85. The molecule has 2 nitrogen and oxygen atoms in total. The minimum absolute atomic E-state index is 0.389. The molecular weight excluding hydrogens is 188 g/mol. The fourth-order valence-corrected chi connectivity index (χ4v) is 1.03. The van der Waals surface area contributed by atoms with Gasteiger partial charge >= 0.3 is 5.97 Å². The molecule has 0 radical (unpaired) electrons. The second kappa shape index (κ2) is 6.67. The topological polar surface area (TPSA) is 26.3 Å². The summed E-state index contributed by atoms with van der Waals surface area (Å²) in [7, 11) is 0. The molecule has 0 aliphatic heterocycles. The maximum atomic E-state index is 11.4. The maximum absolute atomic E-state index is 11.4. The molecule has 0 amide bonds. The van der Waals surface area contributed by atoms with Crippen LogP contribution in [0.25, 0.3) is 0 Å². The van der Waals surface area contributed by atoms with Gasteiger partial charge < -0.3 is 4.74 Å². The van der Waals surface area contributed by atoms with Gasteiger partial charge in [-0.25, -0.2) is 4.79 Å². The van der Waals surface area contributed by atoms with Crippen LogP contribution in [0.2, 0.25) is 0 Å². The molecule has 1 aromatic carbocycles. The Kier molecular flexibility index (Phi) is 5.03. The standard InChI is InChI=1S/C13H14O2/c1-2-3-4-8-11-15-13(14)12-9-6-5-7-10-12/h5-7,9-10H,2-4H2,1H3. The summed E-state index contributed by atoms with van der Waals surface area (Å²) in [4.78, 5) is 11.4. The lowest BCUT2D eigenvalue weighted by Crippen LogP contribution is -1.99. The van der Waals surface area contributed by atoms with E-state index in [1.165, 1.54) is 0 Å². The minimum atomic E-state index is -0.389. The summed E-state index contributed by atoms with van der Waals surface area (Å²) in [6.07, 6.45) is 5.33. The van der Waals surface area contributed by atoms with E-state index in [4.69, 9.17) is 4.74 Å². The van der Waals surface area contributed by atoms with Crippen LogP contribution in [0, 0.1) is 12.0 Å². The predicted molar refractivity (Wildman–Crippen MR) is 59.2 cm³/mol. The highest BCUT2D eigenvalue weighted by Gasteiger charge is 2.03. The van der Waals surface area contributed by atoms with Crippen molar-refractivity contribution in [2.45, 2.75) is 26.2 Å². The van der Waals surface area contributed by atoms with E-state index in [9.17, 15) is 4.79 Å². The van der Waals surface area contributed by atoms with Gasteiger partial charge in [-0.2, -0.15) is 0 Å². The number of hydrogen-bond acceptors (Lipinski definition) is 2. The van der Waals surface area contributed by atoms with Crippen LogP contribution in [0.5, 0.6) is 0 Å². The van der Waals surface area contributed by atoms with Gasteiger partial charge in [0.05, 0.1) is 5.56 Å². The summed E-state index contributed by atoms with van der Waals surface area (Å²) in [5, 5.41) is 0. The zero-order valence-corrected chi connectivity index (χ0v) is 8.82. The van der Waals surface area contributed by atoms with Crippen LogP contribution in [0.4, 0.5) is 0 Å². The number of carbonyl (C=O) groups excluding carboxylic acids is 1. The van der Waals surface area contributed by atoms with E-state index in [0.29, 0.717) is 5.56 Å². The van der Waals surface area contributed by atoms with E-state index in [2.05, 4.69) is 19.0 Å². The van der Waals surface area contributed by atoms with Gasteiger partial charge in [-0.1, -0.05) is 37.5 Å². The SMILES string of the molecule is CCCCC#COC(=O)c1ccccc1. The van der Waals surface area contributed by atoms with Gasteiger partial charge in [0, 0.05) is 6.42 Å². The van der Waals surface area contributed by atoms with Crippen LogP contribution in [-0.4, -0.2) is 5.97 Å². The van der Waals surface area contributed by atoms with Gasteiger partial charge in [0.15, 0.2) is 0 Å². The van der Waals surface area contributed by atoms with Gasteiger partial charge in [-0.3, -0.25) is 0 Å². The highest BCUT2D eigenvalue weighted by Crippen LogP contribution is 2.00. The van der Waals surface area contributed by atoms with E-state index in [1.807, 2.05) is 6.07 Å². The van der Waals surface area contributed by atoms with Crippen molar-refractivity contribution in [1.29, 1.82) is 0 Å². The molecule has 0 bridgehead atoms. The van der Waals surface area contributed by atoms with Crippen molar-refractivity contribution in [3.63, 3.8) is 0 Å². The molecule has 0 heterocycles. The lowest BCUT2D eigenvalue weighted by molar-refractivity contribution is 0.0690. The van der Waals surface area contributed by atoms with Crippen molar-refractivity contribution in [3.8, 4) is 12.0 Å². The fraction of sp³-hybridized carbons (Fsp3) is 0.308. The molecule has 0 atom stereocenters. The molecule has 0 aliphatic rings. The predicted octanol–water partition coefficient (Wildman–Crippen LogP) is 2.99. The van der Waals surface area contributed by atoms with Crippen molar-refractivity contribution in [2.24, 2.45) is 0 Å². The molecular formula is C13H14O2. The van der Waals surface area contributed by atoms with Gasteiger partial charge in [-0.15, -0.1) is 0 Å². The average Bonchev–Trinajstić information content (AvgIpc) is 2.30. The van der Waals surface area contributed by atoms with Crippen LogP contribution in [0.1, 0.15) is 36.5 Å². The number of hydrogen-bond donors (Lipinski definition) is 0. The Morgan fingerprint density at radius 3 is 2.73 bits per heavy atom. The zero-order valence-electron chi connectivity index (χ0n) is 8.82. The number of unbranched alkanes of at least 4 members (excludes halogenated alkanes) is 2. The molecule has 0 N–H and O–H groups in total. The molecule has 1 aromatic rings. The first-order chi connectivity index (χ1) is 7.34. The maximum Gasteiger partial charge on any atom is 0.352 e. The first kappa shape index (κ1) is 11.3. The Bertz CT molecular complexity index is 357. The fourth-order valence-electron chi connectivity index (χ4n) is 1.03. The summed E-state index contributed by atoms with van der Waals surface area (Å²) >= 11 is 0. The largest absolute Gasteiger partial charge is 0.369 e. The lowest BCUT2D eigenvalue weighted by atomic mass is 10.2. The number of ether oxygens (including phenoxy) is 1. The van der Waals surface area contributed by atoms with Crippen LogP contribution >= 0.6 is 0 Å². The minimum Gasteiger partial charge on any atom is -0.369 e. The average molecular weight is 202 g/mol. The van der Waals surface area contributed by atoms with E-state index < -0.39 is 0 Å². The second-order valence-corrected chi connectivity index (χ2v) is 3.14. The molecule has 78 valence electrons. The number of benzene rings is 1. The molecule has 0 spiro atoms. The first-order valence-corrected chi connectivity index (χ1v) is 5.08. The third-order valence-electron chi connectivity index (χ3n) is 1.88. The van der Waals surface area contributed by atoms with Gasteiger partial charge in [-0.05, 0) is 18.6 Å². The summed E-state index contributed by atoms with van der Waals surface area (Å²) in [6.45, 7) is 2.09. The van der Waals surface area contributed by atoms with Crippen molar-refractivity contribution in [3.05, 3.63) is 35.9 Å². The molecule has 0 saturated carbocycles. The van der Waals surface area contributed by atoms with Gasteiger partial charge in [0.1, 0.15) is 6.11 Å². The Hall–Kier alpha value is -1.75. The molecule has 0 aromatic heterocycles. The third kappa shape index (κ3) is 4.33. The van der Waals surface area contributed by atoms with Crippen LogP contribution in [0.15, 0.2) is 30.3 Å². The van der Waals surface area contributed by atoms with E-state index in [0.717, 1.165) is 19.3 Å². The van der Waals surface area contributed by atoms with Gasteiger partial charge in [0.25, 0.3) is 0 Å². The second-order valence-electron chi connectivity index (χ2n) is 3.14. The van der Waals surface area contributed by atoms with E-state index in [-0.39, 0.29) is 5.97 Å². The molecule has 1 rings (SSSR count). The Morgan fingerprint density at radius 2 is 2.07 bits per heavy atom. The van der Waals surface area contributed by atoms with Crippen molar-refractivity contribution in [1.82, 2.24) is 0 Å². The normalized spacial score (nSPS) is 8.87. The van der Waals surface area contributed by atoms with E-state index >= 15 is 0 Å². The van der Waals surface area contributed by atoms with Gasteiger partial charge in [0.2, 0.25) is 0 Å². The molecule has 0 aliphatic carbocycles. The third-order valence-corrected chi connectivity index (χ3v) is 1.88. The summed E-state index contributed by atoms with van der Waals surface area (Å²) in [5.74, 6) is 2.40. The number of carbonyl (C=O) groups is 1. The van der Waals surface area contributed by atoms with Crippen molar-refractivity contribution >= 4 is 5.97 Å². The van der Waals surface area contributed by atoms with Crippen molar-refractivity contribution < 1.29 is 9.53 Å². The highest BCUT2D eigenvalue weighted by molar-refractivity contribution is 5.89. The van der Waals surface area contributed by atoms with Crippen LogP contribution in [0.3, 0.4) is 0 Å². The van der Waals surface area contributed by atoms with E-state index in [1.54, 1.807) is 24.3 Å². The Labute approximate surface area is 90.3 Å². The highest BCUT2D eigenvalue weighted by atomic mass is 16.5. The summed E-state index contributed by atoms with van der Waals surface area (Å²) in [5.41, 5.74) is 0.530. The van der Waals surface area contributed by atoms with Crippen LogP contribution in [-0.2, 0) is 4.74 Å². The first-order valence-electron chi connectivity index (χ1n) is 5.08. The van der Waals surface area contributed by atoms with Crippen molar-refractivity contribution in [2.75, 3.05) is 0 Å². The Morgan fingerprint density at radius 1 is 1.33 bits per heavy atom. The monoisotopic (exact) mass is 202 g/mol. The molecule has 0 fully saturated rings. The quantitative estimate of drug-likeness (QED) is 0.428. The molecule has 15 heavy (non-hydrogen) atoms. The molecule has 0 unspecified atom stereocenters. The molecule has 0 saturated heterocycles. The smallest absolute Gasteiger partial charge is 0.352 e. The molecule has 2 heteroatoms. The summed E-state index contributed by atoms with van der Waals surface area (Å²) < 4.78 is 4.77. The lowest BCUT2D eigenvalue weighted by Gasteiger charge is -1.94. The van der Waals surface area contributed by atoms with Crippen LogP contribution < -0.4 is 0 Å².